The Kier molecular flexibility index (Phi) is 5.20. The highest BCUT2D eigenvalue weighted by atomic mass is 32.2. The molecular weight excluding hydrogens is 469 g/mol. The Morgan fingerprint density at radius 2 is 1.79 bits per heavy atom. The van der Waals surface area contributed by atoms with Gasteiger partial charge in [0.05, 0.1) is 30.1 Å². The highest BCUT2D eigenvalue weighted by molar-refractivity contribution is 7.88. The number of anilines is 2. The lowest BCUT2D eigenvalue weighted by Gasteiger charge is -2.32. The Labute approximate surface area is 195 Å². The second kappa shape index (κ2) is 7.98. The van der Waals surface area contributed by atoms with E-state index in [1.54, 1.807) is 18.2 Å². The monoisotopic (exact) mass is 486 g/mol. The van der Waals surface area contributed by atoms with Gasteiger partial charge >= 0.3 is 0 Å². The van der Waals surface area contributed by atoms with Crippen molar-refractivity contribution in [3.63, 3.8) is 0 Å². The highest BCUT2D eigenvalue weighted by Crippen LogP contribution is 2.52. The Morgan fingerprint density at radius 1 is 1.00 bits per heavy atom. The number of benzene rings is 3. The lowest BCUT2D eigenvalue weighted by Crippen LogP contribution is -2.52. The third kappa shape index (κ3) is 3.12. The number of carbonyl (C=O) groups excluding carboxylic acids is 2. The first-order valence-electron chi connectivity index (χ1n) is 10.2. The van der Waals surface area contributed by atoms with Gasteiger partial charge in [-0.05, 0) is 48.0 Å². The molecule has 0 saturated carbocycles. The summed E-state index contributed by atoms with van der Waals surface area (Å²) in [6, 6.07) is 13.1. The third-order valence-corrected chi connectivity index (χ3v) is 7.68. The molecule has 1 saturated heterocycles. The molecule has 5 rings (SSSR count). The molecule has 0 N–H and O–H groups in total. The second-order valence-electron chi connectivity index (χ2n) is 7.87. The van der Waals surface area contributed by atoms with Gasteiger partial charge in [0.2, 0.25) is 10.8 Å². The maximum absolute atomic E-state index is 14.1. The average molecular weight is 486 g/mol. The van der Waals surface area contributed by atoms with Crippen LogP contribution in [0.25, 0.3) is 0 Å². The minimum atomic E-state index is -2.07. The van der Waals surface area contributed by atoms with Gasteiger partial charge in [0.15, 0.2) is 11.6 Å². The summed E-state index contributed by atoms with van der Waals surface area (Å²) in [6.07, 6.45) is 0. The molecule has 1 spiro atoms. The summed E-state index contributed by atoms with van der Waals surface area (Å²) in [5.41, 5.74) is 0.944. The fraction of sp³-hybridized carbons (Fsp3) is 0.167. The standard InChI is InChI=1S/C24H17F3N2O4S/c1-33-17-6-8-21-18(11-17)24(23(31)28(21)12-14-3-2-4-15(25)9-14)29(22(30)13-34(24)32)16-5-7-19(26)20(27)10-16/h2-11H,12-13H2,1H3. The van der Waals surface area contributed by atoms with Crippen molar-refractivity contribution < 1.29 is 31.7 Å². The summed E-state index contributed by atoms with van der Waals surface area (Å²) in [5.74, 6) is -4.36. The van der Waals surface area contributed by atoms with Gasteiger partial charge in [-0.15, -0.1) is 0 Å². The Morgan fingerprint density at radius 3 is 2.50 bits per heavy atom. The van der Waals surface area contributed by atoms with E-state index in [9.17, 15) is 27.0 Å². The third-order valence-electron chi connectivity index (χ3n) is 5.93. The van der Waals surface area contributed by atoms with Gasteiger partial charge in [-0.2, -0.15) is 0 Å². The molecule has 1 fully saturated rings. The van der Waals surface area contributed by atoms with E-state index in [-0.39, 0.29) is 17.8 Å². The van der Waals surface area contributed by atoms with Gasteiger partial charge in [0, 0.05) is 17.3 Å². The van der Waals surface area contributed by atoms with E-state index < -0.39 is 50.7 Å². The molecule has 3 aromatic carbocycles. The van der Waals surface area contributed by atoms with Crippen LogP contribution in [0.1, 0.15) is 11.1 Å². The first kappa shape index (κ1) is 22.1. The van der Waals surface area contributed by atoms with Crippen LogP contribution in [0.5, 0.6) is 5.75 Å². The Bertz CT molecular complexity index is 1380. The summed E-state index contributed by atoms with van der Waals surface area (Å²) < 4.78 is 60.3. The van der Waals surface area contributed by atoms with Crippen molar-refractivity contribution in [2.75, 3.05) is 22.7 Å². The lowest BCUT2D eigenvalue weighted by molar-refractivity contribution is -0.123. The summed E-state index contributed by atoms with van der Waals surface area (Å²) in [4.78, 5) is 27.3. The molecule has 10 heteroatoms. The van der Waals surface area contributed by atoms with Crippen molar-refractivity contribution in [2.24, 2.45) is 0 Å². The van der Waals surface area contributed by atoms with Crippen molar-refractivity contribution >= 4 is 34.0 Å². The molecule has 3 aromatic rings. The van der Waals surface area contributed by atoms with Crippen LogP contribution in [-0.4, -0.2) is 28.9 Å². The van der Waals surface area contributed by atoms with Crippen LogP contribution in [0.4, 0.5) is 24.5 Å². The summed E-state index contributed by atoms with van der Waals surface area (Å²) in [7, 11) is -0.659. The van der Waals surface area contributed by atoms with Gasteiger partial charge in [-0.3, -0.25) is 18.7 Å². The molecule has 2 atom stereocenters. The van der Waals surface area contributed by atoms with Crippen LogP contribution in [0.3, 0.4) is 0 Å². The fourth-order valence-corrected chi connectivity index (χ4v) is 6.16. The second-order valence-corrected chi connectivity index (χ2v) is 9.44. The smallest absolute Gasteiger partial charge is 0.271 e. The van der Waals surface area contributed by atoms with Crippen LogP contribution in [0, 0.1) is 17.5 Å². The fourth-order valence-electron chi connectivity index (χ4n) is 4.48. The number of ether oxygens (including phenoxy) is 1. The first-order chi connectivity index (χ1) is 16.3. The predicted molar refractivity (Wildman–Crippen MR) is 119 cm³/mol. The largest absolute Gasteiger partial charge is 0.497 e. The molecule has 2 unspecified atom stereocenters. The molecule has 6 nitrogen and oxygen atoms in total. The zero-order valence-electron chi connectivity index (χ0n) is 17.8. The van der Waals surface area contributed by atoms with Gasteiger partial charge < -0.3 is 9.64 Å². The molecule has 0 radical (unpaired) electrons. The topological polar surface area (TPSA) is 66.9 Å². The van der Waals surface area contributed by atoms with Crippen molar-refractivity contribution in [3.8, 4) is 5.75 Å². The van der Waals surface area contributed by atoms with Crippen molar-refractivity contribution in [1.82, 2.24) is 0 Å². The Balaban J connectivity index is 1.73. The van der Waals surface area contributed by atoms with E-state index in [2.05, 4.69) is 0 Å². The minimum absolute atomic E-state index is 0.0608. The Hall–Kier alpha value is -3.66. The van der Waals surface area contributed by atoms with E-state index in [1.807, 2.05) is 0 Å². The van der Waals surface area contributed by atoms with Gasteiger partial charge in [-0.1, -0.05) is 12.1 Å². The van der Waals surface area contributed by atoms with Gasteiger partial charge in [-0.25, -0.2) is 13.2 Å². The number of nitrogens with zero attached hydrogens (tertiary/aromatic N) is 2. The highest BCUT2D eigenvalue weighted by Gasteiger charge is 2.65. The first-order valence-corrected chi connectivity index (χ1v) is 11.5. The van der Waals surface area contributed by atoms with Crippen molar-refractivity contribution in [1.29, 1.82) is 0 Å². The van der Waals surface area contributed by atoms with E-state index >= 15 is 0 Å². The van der Waals surface area contributed by atoms with Crippen LogP contribution < -0.4 is 14.5 Å². The minimum Gasteiger partial charge on any atom is -0.497 e. The van der Waals surface area contributed by atoms with E-state index in [0.717, 1.165) is 23.1 Å². The normalized spacial score (nSPS) is 21.5. The van der Waals surface area contributed by atoms with Gasteiger partial charge in [0.25, 0.3) is 5.91 Å². The van der Waals surface area contributed by atoms with Crippen LogP contribution in [-0.2, 0) is 31.8 Å². The number of amides is 2. The number of carbonyl (C=O) groups is 2. The summed E-state index contributed by atoms with van der Waals surface area (Å²) in [5, 5.41) is 0. The lowest BCUT2D eigenvalue weighted by atomic mass is 10.0. The molecule has 0 aliphatic carbocycles. The molecule has 34 heavy (non-hydrogen) atoms. The molecule has 2 aliphatic heterocycles. The maximum Gasteiger partial charge on any atom is 0.271 e. The van der Waals surface area contributed by atoms with Crippen LogP contribution >= 0.6 is 0 Å². The number of fused-ring (bicyclic) bond motifs is 2. The number of hydrogen-bond donors (Lipinski definition) is 0. The number of methoxy groups -OCH3 is 1. The van der Waals surface area contributed by atoms with Gasteiger partial charge in [0.1, 0.15) is 17.3 Å². The SMILES string of the molecule is COc1ccc2c(c1)C1(C(=O)N2Cc2cccc(F)c2)N(c2ccc(F)c(F)c2)C(=O)CS1=O. The van der Waals surface area contributed by atoms with Crippen LogP contribution in [0.2, 0.25) is 0 Å². The van der Waals surface area contributed by atoms with E-state index in [4.69, 9.17) is 4.74 Å². The number of hydrogen-bond acceptors (Lipinski definition) is 4. The molecule has 174 valence electrons. The maximum atomic E-state index is 14.1. The zero-order chi connectivity index (χ0) is 24.2. The predicted octanol–water partition coefficient (Wildman–Crippen LogP) is 3.61. The van der Waals surface area contributed by atoms with Crippen molar-refractivity contribution in [2.45, 2.75) is 11.4 Å². The molecule has 0 bridgehead atoms. The number of rotatable bonds is 4. The molecule has 0 aromatic heterocycles. The average Bonchev–Trinajstić information content (AvgIpc) is 3.21. The molecule has 2 amide bonds. The van der Waals surface area contributed by atoms with Crippen molar-refractivity contribution in [3.05, 3.63) is 89.2 Å². The number of halogens is 3. The summed E-state index contributed by atoms with van der Waals surface area (Å²) >= 11 is 0. The van der Waals surface area contributed by atoms with E-state index in [0.29, 0.717) is 17.0 Å². The summed E-state index contributed by atoms with van der Waals surface area (Å²) in [6.45, 7) is -0.0608. The molecule has 2 heterocycles. The van der Waals surface area contributed by atoms with Crippen LogP contribution in [0.15, 0.2) is 60.7 Å². The molecular formula is C24H17F3N2O4S. The van der Waals surface area contributed by atoms with E-state index in [1.165, 1.54) is 36.3 Å². The quantitative estimate of drug-likeness (QED) is 0.565. The zero-order valence-corrected chi connectivity index (χ0v) is 18.6. The molecule has 2 aliphatic rings.